The lowest BCUT2D eigenvalue weighted by molar-refractivity contribution is -0.147. The molecule has 2 aliphatic heterocycles. The van der Waals surface area contributed by atoms with Crippen molar-refractivity contribution in [2.45, 2.75) is 25.9 Å². The summed E-state index contributed by atoms with van der Waals surface area (Å²) >= 11 is 0. The van der Waals surface area contributed by atoms with Crippen molar-refractivity contribution in [1.29, 1.82) is 0 Å². The van der Waals surface area contributed by atoms with Crippen LogP contribution in [0.2, 0.25) is 0 Å². The van der Waals surface area contributed by atoms with Crippen molar-refractivity contribution >= 4 is 17.6 Å². The summed E-state index contributed by atoms with van der Waals surface area (Å²) in [6.07, 6.45) is 1.18. The van der Waals surface area contributed by atoms with Crippen molar-refractivity contribution < 1.29 is 14.3 Å². The van der Waals surface area contributed by atoms with Crippen LogP contribution in [0.25, 0.3) is 0 Å². The van der Waals surface area contributed by atoms with Crippen LogP contribution in [0, 0.1) is 12.8 Å². The molecule has 7 nitrogen and oxygen atoms in total. The Morgan fingerprint density at radius 3 is 3.04 bits per heavy atom. The van der Waals surface area contributed by atoms with Gasteiger partial charge in [0, 0.05) is 31.9 Å². The van der Waals surface area contributed by atoms with Gasteiger partial charge in [-0.05, 0) is 31.9 Å². The maximum Gasteiger partial charge on any atom is 0.253 e. The number of amides is 2. The molecule has 2 aliphatic rings. The first-order valence-corrected chi connectivity index (χ1v) is 8.49. The summed E-state index contributed by atoms with van der Waals surface area (Å²) in [5, 5.41) is 6.03. The topological polar surface area (TPSA) is 83.6 Å². The van der Waals surface area contributed by atoms with Crippen LogP contribution in [0.4, 0.5) is 5.82 Å². The van der Waals surface area contributed by atoms with Crippen molar-refractivity contribution in [3.63, 3.8) is 0 Å². The average molecular weight is 332 g/mol. The average Bonchev–Trinajstić information content (AvgIpc) is 2.62. The highest BCUT2D eigenvalue weighted by atomic mass is 16.5. The number of likely N-dealkylation sites (tertiary alicyclic amines) is 1. The number of aryl methyl sites for hydroxylation is 1. The number of piperidine rings is 1. The van der Waals surface area contributed by atoms with E-state index in [1.165, 1.54) is 0 Å². The van der Waals surface area contributed by atoms with E-state index in [4.69, 9.17) is 4.74 Å². The van der Waals surface area contributed by atoms with Gasteiger partial charge in [0.05, 0.1) is 12.5 Å². The molecule has 0 spiro atoms. The Balaban J connectivity index is 1.58. The molecule has 3 rings (SSSR count). The van der Waals surface area contributed by atoms with Crippen LogP contribution >= 0.6 is 0 Å². The zero-order valence-corrected chi connectivity index (χ0v) is 14.0. The Hall–Kier alpha value is -1.99. The van der Waals surface area contributed by atoms with Crippen LogP contribution < -0.4 is 10.6 Å². The summed E-state index contributed by atoms with van der Waals surface area (Å²) in [5.74, 6) is 0.256. The van der Waals surface area contributed by atoms with Crippen LogP contribution in [-0.4, -0.2) is 60.6 Å². The molecule has 2 amide bonds. The molecule has 0 saturated carbocycles. The third-order valence-electron chi connectivity index (χ3n) is 4.45. The van der Waals surface area contributed by atoms with Gasteiger partial charge in [0.2, 0.25) is 5.91 Å². The molecule has 1 aromatic heterocycles. The van der Waals surface area contributed by atoms with E-state index in [2.05, 4.69) is 15.6 Å². The quantitative estimate of drug-likeness (QED) is 0.845. The predicted octanol–water partition coefficient (Wildman–Crippen LogP) is 0.556. The molecule has 24 heavy (non-hydrogen) atoms. The van der Waals surface area contributed by atoms with E-state index in [-0.39, 0.29) is 17.7 Å². The molecule has 0 aromatic carbocycles. The molecule has 0 radical (unpaired) electrons. The molecular formula is C17H24N4O3. The minimum atomic E-state index is -0.431. The molecular weight excluding hydrogens is 308 g/mol. The number of ether oxygens (including phenoxy) is 1. The standard InChI is InChI=1S/C17H24N4O3/c1-12-4-2-6-15(19-12)20-16(22)13-5-3-8-21(11-13)17(23)14-10-18-7-9-24-14/h2,4,6,13-14,18H,3,5,7-11H2,1H3,(H,19,20,22). The number of nitrogens with zero attached hydrogens (tertiary/aromatic N) is 2. The van der Waals surface area contributed by atoms with Crippen LogP contribution in [0.5, 0.6) is 0 Å². The molecule has 2 fully saturated rings. The second-order valence-electron chi connectivity index (χ2n) is 6.34. The van der Waals surface area contributed by atoms with Gasteiger partial charge in [0.25, 0.3) is 5.91 Å². The zero-order valence-electron chi connectivity index (χ0n) is 14.0. The minimum Gasteiger partial charge on any atom is -0.366 e. The summed E-state index contributed by atoms with van der Waals surface area (Å²) in [4.78, 5) is 31.1. The molecule has 130 valence electrons. The highest BCUT2D eigenvalue weighted by molar-refractivity contribution is 5.92. The lowest BCUT2D eigenvalue weighted by Crippen LogP contribution is -2.52. The molecule has 2 N–H and O–H groups in total. The van der Waals surface area contributed by atoms with Crippen molar-refractivity contribution in [2.75, 3.05) is 38.1 Å². The molecule has 2 atom stereocenters. The SMILES string of the molecule is Cc1cccc(NC(=O)C2CCCN(C(=O)C3CNCCO3)C2)n1. The molecule has 0 bridgehead atoms. The van der Waals surface area contributed by atoms with Gasteiger partial charge in [0.15, 0.2) is 0 Å². The van der Waals surface area contributed by atoms with E-state index in [1.54, 1.807) is 11.0 Å². The second-order valence-corrected chi connectivity index (χ2v) is 6.34. The number of hydrogen-bond acceptors (Lipinski definition) is 5. The van der Waals surface area contributed by atoms with Crippen molar-refractivity contribution in [1.82, 2.24) is 15.2 Å². The Bertz CT molecular complexity index is 601. The Kier molecular flexibility index (Phi) is 5.42. The first-order valence-electron chi connectivity index (χ1n) is 8.49. The maximum atomic E-state index is 12.5. The van der Waals surface area contributed by atoms with Gasteiger partial charge >= 0.3 is 0 Å². The number of morpholine rings is 1. The van der Waals surface area contributed by atoms with Gasteiger partial charge in [-0.15, -0.1) is 0 Å². The number of carbonyl (C=O) groups excluding carboxylic acids is 2. The fraction of sp³-hybridized carbons (Fsp3) is 0.588. The lowest BCUT2D eigenvalue weighted by Gasteiger charge is -2.35. The van der Waals surface area contributed by atoms with Crippen molar-refractivity contribution in [3.05, 3.63) is 23.9 Å². The third kappa shape index (κ3) is 4.10. The molecule has 3 heterocycles. The van der Waals surface area contributed by atoms with Crippen LogP contribution in [-0.2, 0) is 14.3 Å². The smallest absolute Gasteiger partial charge is 0.253 e. The van der Waals surface area contributed by atoms with Gasteiger partial charge in [-0.1, -0.05) is 6.07 Å². The highest BCUT2D eigenvalue weighted by Crippen LogP contribution is 2.20. The molecule has 2 unspecified atom stereocenters. The largest absolute Gasteiger partial charge is 0.366 e. The van der Waals surface area contributed by atoms with Gasteiger partial charge in [-0.25, -0.2) is 4.98 Å². The van der Waals surface area contributed by atoms with Gasteiger partial charge in [-0.2, -0.15) is 0 Å². The molecule has 7 heteroatoms. The Morgan fingerprint density at radius 1 is 1.42 bits per heavy atom. The summed E-state index contributed by atoms with van der Waals surface area (Å²) in [6.45, 7) is 4.88. The molecule has 0 aliphatic carbocycles. The zero-order chi connectivity index (χ0) is 16.9. The lowest BCUT2D eigenvalue weighted by atomic mass is 9.96. The van der Waals surface area contributed by atoms with E-state index < -0.39 is 6.10 Å². The number of pyridine rings is 1. The van der Waals surface area contributed by atoms with Crippen LogP contribution in [0.3, 0.4) is 0 Å². The van der Waals surface area contributed by atoms with E-state index >= 15 is 0 Å². The van der Waals surface area contributed by atoms with Crippen LogP contribution in [0.15, 0.2) is 18.2 Å². The normalized spacial score (nSPS) is 24.5. The predicted molar refractivity (Wildman–Crippen MR) is 89.5 cm³/mol. The molecule has 2 saturated heterocycles. The first-order chi connectivity index (χ1) is 11.6. The summed E-state index contributed by atoms with van der Waals surface area (Å²) in [7, 11) is 0. The third-order valence-corrected chi connectivity index (χ3v) is 4.45. The van der Waals surface area contributed by atoms with Gasteiger partial charge in [0.1, 0.15) is 11.9 Å². The van der Waals surface area contributed by atoms with E-state index in [1.807, 2.05) is 19.1 Å². The number of carbonyl (C=O) groups is 2. The summed E-state index contributed by atoms with van der Waals surface area (Å²) < 4.78 is 5.53. The van der Waals surface area contributed by atoms with Crippen molar-refractivity contribution in [3.8, 4) is 0 Å². The van der Waals surface area contributed by atoms with Gasteiger partial charge < -0.3 is 20.3 Å². The van der Waals surface area contributed by atoms with Crippen LogP contribution in [0.1, 0.15) is 18.5 Å². The number of nitrogens with one attached hydrogen (secondary N) is 2. The second kappa shape index (κ2) is 7.72. The summed E-state index contributed by atoms with van der Waals surface area (Å²) in [6, 6.07) is 5.52. The van der Waals surface area contributed by atoms with Crippen molar-refractivity contribution in [2.24, 2.45) is 5.92 Å². The fourth-order valence-electron chi connectivity index (χ4n) is 3.16. The number of rotatable bonds is 3. The van der Waals surface area contributed by atoms with E-state index in [0.717, 1.165) is 25.1 Å². The van der Waals surface area contributed by atoms with E-state index in [9.17, 15) is 9.59 Å². The first kappa shape index (κ1) is 16.9. The molecule has 1 aromatic rings. The Morgan fingerprint density at radius 2 is 2.29 bits per heavy atom. The number of hydrogen-bond donors (Lipinski definition) is 2. The minimum absolute atomic E-state index is 0.0200. The summed E-state index contributed by atoms with van der Waals surface area (Å²) in [5.41, 5.74) is 0.857. The van der Waals surface area contributed by atoms with Gasteiger partial charge in [-0.3, -0.25) is 9.59 Å². The Labute approximate surface area is 141 Å². The fourth-order valence-corrected chi connectivity index (χ4v) is 3.16. The highest BCUT2D eigenvalue weighted by Gasteiger charge is 2.33. The van der Waals surface area contributed by atoms with E-state index in [0.29, 0.717) is 32.1 Å². The maximum absolute atomic E-state index is 12.5. The number of aromatic nitrogens is 1. The monoisotopic (exact) mass is 332 g/mol. The number of anilines is 1.